The predicted molar refractivity (Wildman–Crippen MR) is 77.0 cm³/mol. The van der Waals surface area contributed by atoms with Gasteiger partial charge in [-0.2, -0.15) is 0 Å². The highest BCUT2D eigenvalue weighted by Gasteiger charge is 2.12. The molecule has 0 aliphatic rings. The second kappa shape index (κ2) is 7.77. The fourth-order valence-electron chi connectivity index (χ4n) is 1.64. The summed E-state index contributed by atoms with van der Waals surface area (Å²) in [5.74, 6) is 0.113. The number of nitrogens with one attached hydrogen (secondary N) is 1. The van der Waals surface area contributed by atoms with Crippen LogP contribution in [0.2, 0.25) is 5.02 Å². The standard InChI is InChI=1S/C13H17BrClNO2/c1-2-9(5-6-17)8-16-13(18)11-7-10(14)3-4-12(11)15/h3-4,7,9,17H,2,5-6,8H2,1H3,(H,16,18). The minimum atomic E-state index is -0.183. The number of carbonyl (C=O) groups is 1. The van der Waals surface area contributed by atoms with Crippen LogP contribution in [0.4, 0.5) is 0 Å². The summed E-state index contributed by atoms with van der Waals surface area (Å²) >= 11 is 9.29. The molecule has 0 saturated heterocycles. The Morgan fingerprint density at radius 1 is 1.56 bits per heavy atom. The molecule has 1 amide bonds. The average molecular weight is 335 g/mol. The van der Waals surface area contributed by atoms with E-state index < -0.39 is 0 Å². The molecule has 0 spiro atoms. The summed E-state index contributed by atoms with van der Waals surface area (Å²) in [6.45, 7) is 2.74. The zero-order valence-electron chi connectivity index (χ0n) is 10.2. The van der Waals surface area contributed by atoms with Crippen LogP contribution in [-0.2, 0) is 0 Å². The van der Waals surface area contributed by atoms with Gasteiger partial charge in [-0.15, -0.1) is 0 Å². The first-order valence-electron chi connectivity index (χ1n) is 5.92. The van der Waals surface area contributed by atoms with E-state index in [1.807, 2.05) is 6.92 Å². The number of aliphatic hydroxyl groups excluding tert-OH is 1. The zero-order valence-corrected chi connectivity index (χ0v) is 12.6. The topological polar surface area (TPSA) is 49.3 Å². The Hall–Kier alpha value is -0.580. The molecule has 0 heterocycles. The number of amides is 1. The quantitative estimate of drug-likeness (QED) is 0.839. The summed E-state index contributed by atoms with van der Waals surface area (Å²) in [4.78, 5) is 12.0. The van der Waals surface area contributed by atoms with Crippen molar-refractivity contribution in [2.75, 3.05) is 13.2 Å². The molecule has 5 heteroatoms. The molecule has 18 heavy (non-hydrogen) atoms. The van der Waals surface area contributed by atoms with Gasteiger partial charge in [0.1, 0.15) is 0 Å². The lowest BCUT2D eigenvalue weighted by Crippen LogP contribution is -2.29. The van der Waals surface area contributed by atoms with Gasteiger partial charge in [-0.1, -0.05) is 40.9 Å². The summed E-state index contributed by atoms with van der Waals surface area (Å²) in [7, 11) is 0. The number of rotatable bonds is 6. The molecule has 0 radical (unpaired) electrons. The van der Waals surface area contributed by atoms with Crippen molar-refractivity contribution >= 4 is 33.4 Å². The van der Waals surface area contributed by atoms with Crippen molar-refractivity contribution in [3.8, 4) is 0 Å². The van der Waals surface area contributed by atoms with Crippen molar-refractivity contribution in [2.24, 2.45) is 5.92 Å². The third-order valence-electron chi connectivity index (χ3n) is 2.84. The highest BCUT2D eigenvalue weighted by Crippen LogP contribution is 2.21. The van der Waals surface area contributed by atoms with Crippen molar-refractivity contribution in [2.45, 2.75) is 19.8 Å². The third-order valence-corrected chi connectivity index (χ3v) is 3.66. The number of carbonyl (C=O) groups excluding carboxylic acids is 1. The van der Waals surface area contributed by atoms with Crippen LogP contribution in [0.1, 0.15) is 30.1 Å². The molecule has 0 bridgehead atoms. The van der Waals surface area contributed by atoms with Crippen molar-refractivity contribution in [1.82, 2.24) is 5.32 Å². The number of aliphatic hydroxyl groups is 1. The lowest BCUT2D eigenvalue weighted by Gasteiger charge is -2.14. The van der Waals surface area contributed by atoms with Crippen LogP contribution in [0.5, 0.6) is 0 Å². The van der Waals surface area contributed by atoms with Crippen molar-refractivity contribution in [1.29, 1.82) is 0 Å². The normalized spacial score (nSPS) is 12.2. The van der Waals surface area contributed by atoms with Crippen LogP contribution in [-0.4, -0.2) is 24.2 Å². The molecule has 0 aromatic heterocycles. The van der Waals surface area contributed by atoms with Gasteiger partial charge >= 0.3 is 0 Å². The Kier molecular flexibility index (Phi) is 6.68. The number of hydrogen-bond acceptors (Lipinski definition) is 2. The molecule has 100 valence electrons. The Bertz CT molecular complexity index is 412. The van der Waals surface area contributed by atoms with Gasteiger partial charge in [0.05, 0.1) is 10.6 Å². The Morgan fingerprint density at radius 3 is 2.89 bits per heavy atom. The maximum Gasteiger partial charge on any atom is 0.252 e. The van der Waals surface area contributed by atoms with Crippen molar-refractivity contribution in [3.63, 3.8) is 0 Å². The molecular formula is C13H17BrClNO2. The average Bonchev–Trinajstić information content (AvgIpc) is 2.37. The van der Waals surface area contributed by atoms with E-state index in [1.54, 1.807) is 18.2 Å². The van der Waals surface area contributed by atoms with E-state index in [-0.39, 0.29) is 12.5 Å². The predicted octanol–water partition coefficient (Wildman–Crippen LogP) is 3.24. The summed E-state index contributed by atoms with van der Waals surface area (Å²) in [5, 5.41) is 12.2. The van der Waals surface area contributed by atoms with Gasteiger partial charge < -0.3 is 10.4 Å². The van der Waals surface area contributed by atoms with E-state index in [4.69, 9.17) is 16.7 Å². The lowest BCUT2D eigenvalue weighted by atomic mass is 10.0. The van der Waals surface area contributed by atoms with Crippen LogP contribution < -0.4 is 5.32 Å². The van der Waals surface area contributed by atoms with Gasteiger partial charge in [0.2, 0.25) is 0 Å². The van der Waals surface area contributed by atoms with Crippen LogP contribution in [0, 0.1) is 5.92 Å². The summed E-state index contributed by atoms with van der Waals surface area (Å²) in [5.41, 5.74) is 0.463. The van der Waals surface area contributed by atoms with E-state index in [9.17, 15) is 4.79 Å². The van der Waals surface area contributed by atoms with Gasteiger partial charge in [-0.05, 0) is 30.5 Å². The van der Waals surface area contributed by atoms with Gasteiger partial charge in [-0.3, -0.25) is 4.79 Å². The van der Waals surface area contributed by atoms with E-state index in [0.29, 0.717) is 29.5 Å². The largest absolute Gasteiger partial charge is 0.396 e. The van der Waals surface area contributed by atoms with E-state index in [1.165, 1.54) is 0 Å². The molecule has 0 saturated carbocycles. The van der Waals surface area contributed by atoms with Crippen LogP contribution in [0.3, 0.4) is 0 Å². The molecule has 1 unspecified atom stereocenters. The summed E-state index contributed by atoms with van der Waals surface area (Å²) in [6.07, 6.45) is 1.62. The molecule has 1 atom stereocenters. The van der Waals surface area contributed by atoms with Crippen LogP contribution >= 0.6 is 27.5 Å². The molecule has 3 nitrogen and oxygen atoms in total. The molecule has 0 fully saturated rings. The monoisotopic (exact) mass is 333 g/mol. The Morgan fingerprint density at radius 2 is 2.28 bits per heavy atom. The van der Waals surface area contributed by atoms with Crippen molar-refractivity contribution in [3.05, 3.63) is 33.3 Å². The highest BCUT2D eigenvalue weighted by atomic mass is 79.9. The first kappa shape index (κ1) is 15.5. The molecule has 1 aromatic rings. The van der Waals surface area contributed by atoms with Gasteiger partial charge in [0.25, 0.3) is 5.91 Å². The smallest absolute Gasteiger partial charge is 0.252 e. The minimum absolute atomic E-state index is 0.145. The molecule has 0 aliphatic carbocycles. The number of benzene rings is 1. The fourth-order valence-corrected chi connectivity index (χ4v) is 2.20. The van der Waals surface area contributed by atoms with Crippen LogP contribution in [0.15, 0.2) is 22.7 Å². The van der Waals surface area contributed by atoms with Gasteiger partial charge in [-0.25, -0.2) is 0 Å². The SMILES string of the molecule is CCC(CCO)CNC(=O)c1cc(Br)ccc1Cl. The lowest BCUT2D eigenvalue weighted by molar-refractivity contribution is 0.0943. The Labute approximate surface area is 121 Å². The van der Waals surface area contributed by atoms with E-state index in [0.717, 1.165) is 10.9 Å². The second-order valence-corrected chi connectivity index (χ2v) is 5.44. The number of hydrogen-bond donors (Lipinski definition) is 2. The third kappa shape index (κ3) is 4.59. The van der Waals surface area contributed by atoms with Crippen molar-refractivity contribution < 1.29 is 9.90 Å². The highest BCUT2D eigenvalue weighted by molar-refractivity contribution is 9.10. The zero-order chi connectivity index (χ0) is 13.5. The van der Waals surface area contributed by atoms with E-state index in [2.05, 4.69) is 21.2 Å². The number of halogens is 2. The van der Waals surface area contributed by atoms with Crippen LogP contribution in [0.25, 0.3) is 0 Å². The maximum absolute atomic E-state index is 12.0. The Balaban J connectivity index is 2.62. The fraction of sp³-hybridized carbons (Fsp3) is 0.462. The first-order chi connectivity index (χ1) is 8.58. The summed E-state index contributed by atoms with van der Waals surface area (Å²) < 4.78 is 0.819. The maximum atomic E-state index is 12.0. The molecule has 2 N–H and O–H groups in total. The van der Waals surface area contributed by atoms with Gasteiger partial charge in [0, 0.05) is 17.6 Å². The van der Waals surface area contributed by atoms with E-state index >= 15 is 0 Å². The van der Waals surface area contributed by atoms with Gasteiger partial charge in [0.15, 0.2) is 0 Å². The minimum Gasteiger partial charge on any atom is -0.396 e. The second-order valence-electron chi connectivity index (χ2n) is 4.12. The molecule has 1 aromatic carbocycles. The summed E-state index contributed by atoms with van der Waals surface area (Å²) in [6, 6.07) is 5.18. The molecular weight excluding hydrogens is 318 g/mol. The molecule has 0 aliphatic heterocycles. The first-order valence-corrected chi connectivity index (χ1v) is 7.09. The molecule has 1 rings (SSSR count).